The Morgan fingerprint density at radius 2 is 1.96 bits per heavy atom. The standard InChI is InChI=1S/C17H15FN2O2S/c18-11-3-1-10(2-4-11)17(22)20-8-7-14-13(20)9-15(23-14)16(21)19-12-5-6-12/h1-4,9,12H,5-8H2,(H,19,21). The minimum absolute atomic E-state index is 0.0546. The molecule has 0 bridgehead atoms. The molecule has 1 aromatic carbocycles. The van der Waals surface area contributed by atoms with Crippen LogP contribution in [0.25, 0.3) is 0 Å². The molecule has 2 amide bonds. The Hall–Kier alpha value is -2.21. The average Bonchev–Trinajstić information content (AvgIpc) is 3.10. The molecule has 6 heteroatoms. The van der Waals surface area contributed by atoms with Gasteiger partial charge in [0.25, 0.3) is 11.8 Å². The van der Waals surface area contributed by atoms with Gasteiger partial charge in [0.05, 0.1) is 10.6 Å². The number of benzene rings is 1. The summed E-state index contributed by atoms with van der Waals surface area (Å²) < 4.78 is 13.0. The van der Waals surface area contributed by atoms with E-state index in [9.17, 15) is 14.0 Å². The predicted molar refractivity (Wildman–Crippen MR) is 86.6 cm³/mol. The Morgan fingerprint density at radius 3 is 2.65 bits per heavy atom. The number of anilines is 1. The number of nitrogens with one attached hydrogen (secondary N) is 1. The van der Waals surface area contributed by atoms with Gasteiger partial charge in [-0.2, -0.15) is 0 Å². The van der Waals surface area contributed by atoms with Crippen LogP contribution in [0.1, 0.15) is 37.7 Å². The fourth-order valence-corrected chi connectivity index (χ4v) is 3.77. The van der Waals surface area contributed by atoms with Crippen molar-refractivity contribution < 1.29 is 14.0 Å². The molecule has 2 aliphatic rings. The van der Waals surface area contributed by atoms with E-state index in [0.29, 0.717) is 23.0 Å². The van der Waals surface area contributed by atoms with Crippen LogP contribution in [-0.4, -0.2) is 24.4 Å². The van der Waals surface area contributed by atoms with Crippen LogP contribution >= 0.6 is 11.3 Å². The maximum atomic E-state index is 13.0. The van der Waals surface area contributed by atoms with Crippen LogP contribution in [0.15, 0.2) is 30.3 Å². The van der Waals surface area contributed by atoms with Gasteiger partial charge in [0.1, 0.15) is 5.82 Å². The number of hydrogen-bond donors (Lipinski definition) is 1. The van der Waals surface area contributed by atoms with E-state index in [2.05, 4.69) is 5.32 Å². The number of carbonyl (C=O) groups excluding carboxylic acids is 2. The van der Waals surface area contributed by atoms with Crippen molar-refractivity contribution in [2.24, 2.45) is 0 Å². The number of thiophene rings is 1. The van der Waals surface area contributed by atoms with Gasteiger partial charge >= 0.3 is 0 Å². The van der Waals surface area contributed by atoms with Gasteiger partial charge in [-0.05, 0) is 43.2 Å². The fourth-order valence-electron chi connectivity index (χ4n) is 2.72. The molecule has 0 unspecified atom stereocenters. The van der Waals surface area contributed by atoms with E-state index in [-0.39, 0.29) is 17.6 Å². The SMILES string of the molecule is O=C(NC1CC1)c1cc2c(s1)CCN2C(=O)c1ccc(F)cc1. The normalized spacial score (nSPS) is 16.3. The Kier molecular flexibility index (Phi) is 3.41. The number of carbonyl (C=O) groups is 2. The molecule has 4 nitrogen and oxygen atoms in total. The van der Waals surface area contributed by atoms with Gasteiger partial charge in [-0.15, -0.1) is 11.3 Å². The monoisotopic (exact) mass is 330 g/mol. The van der Waals surface area contributed by atoms with Crippen molar-refractivity contribution in [1.82, 2.24) is 5.32 Å². The molecule has 0 atom stereocenters. The zero-order valence-corrected chi connectivity index (χ0v) is 13.2. The summed E-state index contributed by atoms with van der Waals surface area (Å²) in [6, 6.07) is 7.66. The second kappa shape index (κ2) is 5.45. The average molecular weight is 330 g/mol. The summed E-state index contributed by atoms with van der Waals surface area (Å²) in [6.45, 7) is 0.599. The number of nitrogens with zero attached hydrogens (tertiary/aromatic N) is 1. The first-order chi connectivity index (χ1) is 11.1. The van der Waals surface area contributed by atoms with Crippen LogP contribution in [0, 0.1) is 5.82 Å². The van der Waals surface area contributed by atoms with Gasteiger partial charge in [0.15, 0.2) is 0 Å². The van der Waals surface area contributed by atoms with Crippen LogP contribution in [0.2, 0.25) is 0 Å². The molecule has 1 aliphatic carbocycles. The van der Waals surface area contributed by atoms with Gasteiger partial charge < -0.3 is 10.2 Å². The number of fused-ring (bicyclic) bond motifs is 1. The van der Waals surface area contributed by atoms with Gasteiger partial charge in [-0.3, -0.25) is 9.59 Å². The molecule has 2 aromatic rings. The molecular weight excluding hydrogens is 315 g/mol. The number of hydrogen-bond acceptors (Lipinski definition) is 3. The van der Waals surface area contributed by atoms with E-state index in [1.54, 1.807) is 11.0 Å². The van der Waals surface area contributed by atoms with E-state index in [4.69, 9.17) is 0 Å². The van der Waals surface area contributed by atoms with E-state index in [1.165, 1.54) is 35.6 Å². The van der Waals surface area contributed by atoms with E-state index in [0.717, 1.165) is 29.8 Å². The number of rotatable bonds is 3. The van der Waals surface area contributed by atoms with Crippen molar-refractivity contribution in [2.75, 3.05) is 11.4 Å². The molecule has 2 heterocycles. The van der Waals surface area contributed by atoms with E-state index >= 15 is 0 Å². The highest BCUT2D eigenvalue weighted by atomic mass is 32.1. The number of halogens is 1. The molecule has 1 aliphatic heterocycles. The first-order valence-electron chi connectivity index (χ1n) is 7.63. The van der Waals surface area contributed by atoms with Gasteiger partial charge in [0.2, 0.25) is 0 Å². The lowest BCUT2D eigenvalue weighted by molar-refractivity contribution is 0.0952. The van der Waals surface area contributed by atoms with Gasteiger partial charge in [-0.25, -0.2) is 4.39 Å². The van der Waals surface area contributed by atoms with Crippen LogP contribution < -0.4 is 10.2 Å². The minimum atomic E-state index is -0.363. The molecule has 23 heavy (non-hydrogen) atoms. The second-order valence-corrected chi connectivity index (χ2v) is 7.02. The molecule has 0 spiro atoms. The Morgan fingerprint density at radius 1 is 1.22 bits per heavy atom. The van der Waals surface area contributed by atoms with Crippen molar-refractivity contribution in [3.8, 4) is 0 Å². The van der Waals surface area contributed by atoms with Crippen LogP contribution in [0.4, 0.5) is 10.1 Å². The summed E-state index contributed by atoms with van der Waals surface area (Å²) in [4.78, 5) is 28.1. The summed E-state index contributed by atoms with van der Waals surface area (Å²) in [6.07, 6.45) is 2.85. The molecule has 0 saturated heterocycles. The lowest BCUT2D eigenvalue weighted by Crippen LogP contribution is -2.29. The zero-order valence-electron chi connectivity index (χ0n) is 12.3. The predicted octanol–water partition coefficient (Wildman–Crippen LogP) is 2.98. The molecule has 4 rings (SSSR count). The van der Waals surface area contributed by atoms with E-state index in [1.807, 2.05) is 0 Å². The summed E-state index contributed by atoms with van der Waals surface area (Å²) in [5.41, 5.74) is 1.26. The van der Waals surface area contributed by atoms with Crippen molar-refractivity contribution >= 4 is 28.8 Å². The Balaban J connectivity index is 1.56. The maximum absolute atomic E-state index is 13.0. The van der Waals surface area contributed by atoms with Crippen LogP contribution in [0.3, 0.4) is 0 Å². The highest BCUT2D eigenvalue weighted by Crippen LogP contribution is 2.37. The smallest absolute Gasteiger partial charge is 0.261 e. The lowest BCUT2D eigenvalue weighted by atomic mass is 10.2. The fraction of sp³-hybridized carbons (Fsp3) is 0.294. The lowest BCUT2D eigenvalue weighted by Gasteiger charge is -2.16. The third-order valence-electron chi connectivity index (χ3n) is 4.11. The third-order valence-corrected chi connectivity index (χ3v) is 5.30. The van der Waals surface area contributed by atoms with Crippen molar-refractivity contribution in [3.63, 3.8) is 0 Å². The summed E-state index contributed by atoms with van der Waals surface area (Å²) in [7, 11) is 0. The van der Waals surface area contributed by atoms with Crippen LogP contribution in [-0.2, 0) is 6.42 Å². The summed E-state index contributed by atoms with van der Waals surface area (Å²) in [5, 5.41) is 2.97. The maximum Gasteiger partial charge on any atom is 0.261 e. The van der Waals surface area contributed by atoms with Gasteiger partial charge in [0, 0.05) is 29.4 Å². The zero-order chi connectivity index (χ0) is 16.0. The van der Waals surface area contributed by atoms with Crippen molar-refractivity contribution in [2.45, 2.75) is 25.3 Å². The summed E-state index contributed by atoms with van der Waals surface area (Å²) in [5.74, 6) is -0.574. The Labute approximate surface area is 136 Å². The molecular formula is C17H15FN2O2S. The largest absolute Gasteiger partial charge is 0.349 e. The molecule has 118 valence electrons. The quantitative estimate of drug-likeness (QED) is 0.940. The first-order valence-corrected chi connectivity index (χ1v) is 8.44. The first kappa shape index (κ1) is 14.4. The van der Waals surface area contributed by atoms with Crippen molar-refractivity contribution in [3.05, 3.63) is 51.5 Å². The highest BCUT2D eigenvalue weighted by molar-refractivity contribution is 7.14. The molecule has 1 saturated carbocycles. The molecule has 1 fully saturated rings. The number of amides is 2. The topological polar surface area (TPSA) is 49.4 Å². The highest BCUT2D eigenvalue weighted by Gasteiger charge is 2.30. The molecule has 1 N–H and O–H groups in total. The second-order valence-electron chi connectivity index (χ2n) is 5.88. The Bertz CT molecular complexity index is 780. The molecule has 0 radical (unpaired) electrons. The van der Waals surface area contributed by atoms with E-state index < -0.39 is 0 Å². The van der Waals surface area contributed by atoms with Crippen molar-refractivity contribution in [1.29, 1.82) is 0 Å². The van der Waals surface area contributed by atoms with Gasteiger partial charge in [-0.1, -0.05) is 0 Å². The third kappa shape index (κ3) is 2.74. The minimum Gasteiger partial charge on any atom is -0.349 e. The summed E-state index contributed by atoms with van der Waals surface area (Å²) >= 11 is 1.45. The molecule has 1 aromatic heterocycles. The van der Waals surface area contributed by atoms with Crippen LogP contribution in [0.5, 0.6) is 0 Å².